The van der Waals surface area contributed by atoms with E-state index < -0.39 is 18.2 Å². The molecule has 6 heteroatoms. The number of aliphatic hydroxyl groups is 1. The Morgan fingerprint density at radius 2 is 1.72 bits per heavy atom. The van der Waals surface area contributed by atoms with Gasteiger partial charge in [0.15, 0.2) is 0 Å². The number of carbonyl (C=O) groups is 1. The van der Waals surface area contributed by atoms with Gasteiger partial charge in [-0.3, -0.25) is 9.78 Å². The van der Waals surface area contributed by atoms with Crippen LogP contribution in [-0.4, -0.2) is 40.5 Å². The van der Waals surface area contributed by atoms with Gasteiger partial charge in [0.25, 0.3) is 0 Å². The quantitative estimate of drug-likeness (QED) is 0.493. The van der Waals surface area contributed by atoms with Gasteiger partial charge < -0.3 is 14.9 Å². The average Bonchev–Trinajstić information content (AvgIpc) is 2.70. The topological polar surface area (TPSA) is 79.7 Å². The number of benzene rings is 1. The van der Waals surface area contributed by atoms with Gasteiger partial charge in [-0.05, 0) is 47.6 Å². The highest BCUT2D eigenvalue weighted by Gasteiger charge is 2.21. The lowest BCUT2D eigenvalue weighted by Crippen LogP contribution is -2.20. The van der Waals surface area contributed by atoms with E-state index in [0.717, 1.165) is 33.6 Å². The highest BCUT2D eigenvalue weighted by molar-refractivity contribution is 5.80. The molecule has 0 aliphatic heterocycles. The molecular formula is C26H34FNO4. The smallest absolute Gasteiger partial charge is 0.305 e. The van der Waals surface area contributed by atoms with Crippen LogP contribution in [0.3, 0.4) is 0 Å². The number of aliphatic carboxylic acids is 1. The molecule has 1 aromatic heterocycles. The van der Waals surface area contributed by atoms with Crippen molar-refractivity contribution in [1.29, 1.82) is 0 Å². The Morgan fingerprint density at radius 3 is 2.22 bits per heavy atom. The van der Waals surface area contributed by atoms with Crippen LogP contribution in [0.4, 0.5) is 4.39 Å². The molecule has 0 fully saturated rings. The standard InChI is InChI=1S/C26H34FNO4/c1-15(2)25-17(5)24(18-7-9-19(27)10-8-18)22(26(28-25)16(3)4)12-11-21(32-6)13-20(29)14-23(30)31/h7-12,15-16,20-21,29H,13-14H2,1-6H3,(H,30,31)/b12-11+/t20-,21-/m1/s1. The molecule has 174 valence electrons. The number of carboxylic acids is 1. The van der Waals surface area contributed by atoms with Gasteiger partial charge in [-0.15, -0.1) is 0 Å². The number of aliphatic hydroxyl groups excluding tert-OH is 1. The summed E-state index contributed by atoms with van der Waals surface area (Å²) in [6.07, 6.45) is 2.12. The van der Waals surface area contributed by atoms with Crippen LogP contribution in [0.1, 0.15) is 74.9 Å². The van der Waals surface area contributed by atoms with Gasteiger partial charge in [-0.1, -0.05) is 52.0 Å². The highest BCUT2D eigenvalue weighted by atomic mass is 19.1. The lowest BCUT2D eigenvalue weighted by molar-refractivity contribution is -0.139. The molecule has 0 unspecified atom stereocenters. The molecule has 1 aromatic carbocycles. The minimum atomic E-state index is -1.05. The first-order chi connectivity index (χ1) is 15.0. The van der Waals surface area contributed by atoms with Crippen LogP contribution in [0.2, 0.25) is 0 Å². The van der Waals surface area contributed by atoms with Crippen molar-refractivity contribution in [2.45, 2.75) is 71.5 Å². The van der Waals surface area contributed by atoms with Gasteiger partial charge in [-0.25, -0.2) is 4.39 Å². The highest BCUT2D eigenvalue weighted by Crippen LogP contribution is 2.37. The van der Waals surface area contributed by atoms with Crippen LogP contribution in [-0.2, 0) is 9.53 Å². The second-order valence-corrected chi connectivity index (χ2v) is 8.73. The number of ether oxygens (including phenoxy) is 1. The van der Waals surface area contributed by atoms with Crippen molar-refractivity contribution in [3.8, 4) is 11.1 Å². The van der Waals surface area contributed by atoms with Gasteiger partial charge in [0.1, 0.15) is 5.82 Å². The summed E-state index contributed by atoms with van der Waals surface area (Å²) in [6.45, 7) is 10.4. The van der Waals surface area contributed by atoms with Crippen LogP contribution in [0.15, 0.2) is 30.3 Å². The van der Waals surface area contributed by atoms with Crippen molar-refractivity contribution < 1.29 is 24.1 Å². The summed E-state index contributed by atoms with van der Waals surface area (Å²) >= 11 is 0. The summed E-state index contributed by atoms with van der Waals surface area (Å²) < 4.78 is 19.1. The monoisotopic (exact) mass is 443 g/mol. The molecule has 32 heavy (non-hydrogen) atoms. The van der Waals surface area contributed by atoms with Crippen LogP contribution >= 0.6 is 0 Å². The molecule has 0 bridgehead atoms. The zero-order valence-corrected chi connectivity index (χ0v) is 19.7. The largest absolute Gasteiger partial charge is 0.481 e. The molecule has 2 rings (SSSR count). The first-order valence-electron chi connectivity index (χ1n) is 11.0. The van der Waals surface area contributed by atoms with E-state index in [-0.39, 0.29) is 30.5 Å². The lowest BCUT2D eigenvalue weighted by Gasteiger charge is -2.22. The number of methoxy groups -OCH3 is 1. The average molecular weight is 444 g/mol. The number of carboxylic acid groups (broad SMARTS) is 1. The summed E-state index contributed by atoms with van der Waals surface area (Å²) in [5.41, 5.74) is 5.78. The van der Waals surface area contributed by atoms with Crippen LogP contribution < -0.4 is 0 Å². The predicted octanol–water partition coefficient (Wildman–Crippen LogP) is 5.70. The molecular weight excluding hydrogens is 409 g/mol. The number of hydrogen-bond acceptors (Lipinski definition) is 4. The third-order valence-electron chi connectivity index (χ3n) is 5.47. The Morgan fingerprint density at radius 1 is 1.12 bits per heavy atom. The Balaban J connectivity index is 2.63. The van der Waals surface area contributed by atoms with Crippen molar-refractivity contribution >= 4 is 12.0 Å². The van der Waals surface area contributed by atoms with Gasteiger partial charge in [0.2, 0.25) is 0 Å². The maximum atomic E-state index is 13.6. The van der Waals surface area contributed by atoms with E-state index in [1.54, 1.807) is 12.1 Å². The van der Waals surface area contributed by atoms with Gasteiger partial charge in [0.05, 0.1) is 24.3 Å². The van der Waals surface area contributed by atoms with Crippen LogP contribution in [0, 0.1) is 12.7 Å². The maximum absolute atomic E-state index is 13.6. The maximum Gasteiger partial charge on any atom is 0.305 e. The zero-order valence-electron chi connectivity index (χ0n) is 19.7. The van der Waals surface area contributed by atoms with Crippen molar-refractivity contribution in [2.75, 3.05) is 7.11 Å². The molecule has 0 amide bonds. The summed E-state index contributed by atoms with van der Waals surface area (Å²) in [5, 5.41) is 18.9. The molecule has 0 spiro atoms. The molecule has 1 heterocycles. The zero-order chi connectivity index (χ0) is 24.0. The summed E-state index contributed by atoms with van der Waals surface area (Å²) in [7, 11) is 1.53. The molecule has 0 aliphatic rings. The first kappa shape index (κ1) is 25.7. The Labute approximate surface area is 190 Å². The summed E-state index contributed by atoms with van der Waals surface area (Å²) in [5.74, 6) is -0.980. The van der Waals surface area contributed by atoms with Crippen LogP contribution in [0.25, 0.3) is 17.2 Å². The van der Waals surface area contributed by atoms with Crippen molar-refractivity contribution in [2.24, 2.45) is 0 Å². The van der Waals surface area contributed by atoms with E-state index in [1.807, 2.05) is 19.1 Å². The Hall–Kier alpha value is -2.57. The fourth-order valence-electron chi connectivity index (χ4n) is 3.90. The Bertz CT molecular complexity index is 951. The first-order valence-corrected chi connectivity index (χ1v) is 11.0. The third-order valence-corrected chi connectivity index (χ3v) is 5.47. The van der Waals surface area contributed by atoms with Crippen molar-refractivity contribution in [3.63, 3.8) is 0 Å². The second kappa shape index (κ2) is 11.3. The second-order valence-electron chi connectivity index (χ2n) is 8.73. The minimum absolute atomic E-state index is 0.144. The number of pyridine rings is 1. The third kappa shape index (κ3) is 6.47. The molecule has 0 saturated heterocycles. The van der Waals surface area contributed by atoms with E-state index in [1.165, 1.54) is 19.2 Å². The van der Waals surface area contributed by atoms with E-state index in [2.05, 4.69) is 27.7 Å². The number of hydrogen-bond donors (Lipinski definition) is 2. The number of rotatable bonds is 10. The summed E-state index contributed by atoms with van der Waals surface area (Å²) in [6, 6.07) is 6.45. The number of halogens is 1. The van der Waals surface area contributed by atoms with E-state index in [9.17, 15) is 14.3 Å². The molecule has 2 atom stereocenters. The predicted molar refractivity (Wildman–Crippen MR) is 125 cm³/mol. The molecule has 0 aliphatic carbocycles. The molecule has 0 radical (unpaired) electrons. The fraction of sp³-hybridized carbons (Fsp3) is 0.462. The SMILES string of the molecule is CO[C@H](/C=C/c1c(C(C)C)nc(C(C)C)c(C)c1-c1ccc(F)cc1)C[C@@H](O)CC(=O)O. The van der Waals surface area contributed by atoms with Crippen LogP contribution in [0.5, 0.6) is 0 Å². The lowest BCUT2D eigenvalue weighted by atomic mass is 9.87. The van der Waals surface area contributed by atoms with E-state index >= 15 is 0 Å². The molecule has 0 saturated carbocycles. The normalized spacial score (nSPS) is 13.8. The molecule has 5 nitrogen and oxygen atoms in total. The van der Waals surface area contributed by atoms with Gasteiger partial charge in [0, 0.05) is 24.8 Å². The molecule has 2 N–H and O–H groups in total. The number of aromatic nitrogens is 1. The van der Waals surface area contributed by atoms with E-state index in [4.69, 9.17) is 14.8 Å². The summed E-state index contributed by atoms with van der Waals surface area (Å²) in [4.78, 5) is 15.9. The fourth-order valence-corrected chi connectivity index (χ4v) is 3.90. The van der Waals surface area contributed by atoms with Crippen molar-refractivity contribution in [3.05, 3.63) is 58.7 Å². The van der Waals surface area contributed by atoms with Gasteiger partial charge >= 0.3 is 5.97 Å². The van der Waals surface area contributed by atoms with E-state index in [0.29, 0.717) is 0 Å². The minimum Gasteiger partial charge on any atom is -0.481 e. The van der Waals surface area contributed by atoms with Gasteiger partial charge in [-0.2, -0.15) is 0 Å². The number of nitrogens with zero attached hydrogens (tertiary/aromatic N) is 1. The van der Waals surface area contributed by atoms with Crippen molar-refractivity contribution in [1.82, 2.24) is 4.98 Å². The molecule has 2 aromatic rings. The Kier molecular flexibility index (Phi) is 9.10.